The second-order valence-electron chi connectivity index (χ2n) is 8.27. The second-order valence-corrected chi connectivity index (χ2v) is 11.1. The van der Waals surface area contributed by atoms with Crippen LogP contribution >= 0.6 is 11.3 Å². The van der Waals surface area contributed by atoms with E-state index in [0.29, 0.717) is 12.8 Å². The Morgan fingerprint density at radius 1 is 1.09 bits per heavy atom. The van der Waals surface area contributed by atoms with E-state index in [-0.39, 0.29) is 17.3 Å². The lowest BCUT2D eigenvalue weighted by Crippen LogP contribution is -2.55. The van der Waals surface area contributed by atoms with Gasteiger partial charge < -0.3 is 10.2 Å². The fraction of sp³-hybridized carbons (Fsp3) is 0.478. The van der Waals surface area contributed by atoms with Crippen molar-refractivity contribution in [2.75, 3.05) is 6.54 Å². The molecule has 0 radical (unpaired) electrons. The zero-order valence-corrected chi connectivity index (χ0v) is 20.8. The highest BCUT2D eigenvalue weighted by Gasteiger charge is 2.32. The molecular weight excluding hydrogens is 446 g/mol. The van der Waals surface area contributed by atoms with E-state index in [9.17, 15) is 18.0 Å². The van der Waals surface area contributed by atoms with E-state index in [1.165, 1.54) is 28.4 Å². The van der Waals surface area contributed by atoms with Crippen molar-refractivity contribution < 1.29 is 18.0 Å². The molecule has 1 heterocycles. The molecule has 0 aliphatic heterocycles. The molecule has 1 aromatic carbocycles. The predicted octanol–water partition coefficient (Wildman–Crippen LogP) is 3.53. The number of sulfonamides is 1. The van der Waals surface area contributed by atoms with Crippen molar-refractivity contribution in [2.45, 2.75) is 70.0 Å². The van der Waals surface area contributed by atoms with Crippen molar-refractivity contribution >= 4 is 33.2 Å². The Labute approximate surface area is 195 Å². The number of carbonyl (C=O) groups excluding carboxylic acids is 2. The minimum Gasteiger partial charge on any atom is -0.349 e. The Hall–Kier alpha value is -2.23. The minimum absolute atomic E-state index is 0.0881. The fourth-order valence-electron chi connectivity index (χ4n) is 3.09. The number of thiophene rings is 1. The number of nitrogens with zero attached hydrogens (tertiary/aromatic N) is 1. The average Bonchev–Trinajstić information content (AvgIpc) is 3.28. The topological polar surface area (TPSA) is 95.6 Å². The molecular formula is C23H33N3O4S2. The molecule has 7 nitrogen and oxygen atoms in total. The molecule has 2 aromatic rings. The third-order valence-corrected chi connectivity index (χ3v) is 7.56. The summed E-state index contributed by atoms with van der Waals surface area (Å²) in [6, 6.07) is 11.0. The molecule has 0 aliphatic rings. The highest BCUT2D eigenvalue weighted by Crippen LogP contribution is 2.19. The molecule has 32 heavy (non-hydrogen) atoms. The van der Waals surface area contributed by atoms with Crippen molar-refractivity contribution in [1.82, 2.24) is 14.9 Å². The van der Waals surface area contributed by atoms with Gasteiger partial charge in [0, 0.05) is 10.4 Å². The molecule has 176 valence electrons. The number of carbonyl (C=O) groups is 2. The van der Waals surface area contributed by atoms with Gasteiger partial charge in [0.2, 0.25) is 21.8 Å². The van der Waals surface area contributed by atoms with Crippen molar-refractivity contribution in [3.8, 4) is 0 Å². The lowest BCUT2D eigenvalue weighted by atomic mass is 10.00. The number of benzene rings is 1. The van der Waals surface area contributed by atoms with E-state index in [4.69, 9.17) is 0 Å². The average molecular weight is 480 g/mol. The summed E-state index contributed by atoms with van der Waals surface area (Å²) < 4.78 is 27.5. The summed E-state index contributed by atoms with van der Waals surface area (Å²) in [7, 11) is -3.84. The Balaban J connectivity index is 2.25. The van der Waals surface area contributed by atoms with Crippen LogP contribution in [0.2, 0.25) is 0 Å². The van der Waals surface area contributed by atoms with Gasteiger partial charge in [0.1, 0.15) is 6.04 Å². The van der Waals surface area contributed by atoms with Crippen molar-refractivity contribution in [1.29, 1.82) is 0 Å². The van der Waals surface area contributed by atoms with Crippen LogP contribution in [0.5, 0.6) is 0 Å². The first-order chi connectivity index (χ1) is 15.1. The maximum Gasteiger partial charge on any atom is 0.243 e. The van der Waals surface area contributed by atoms with Gasteiger partial charge in [-0.15, -0.1) is 11.3 Å². The third kappa shape index (κ3) is 7.43. The maximum absolute atomic E-state index is 13.2. The van der Waals surface area contributed by atoms with Crippen molar-refractivity contribution in [2.24, 2.45) is 0 Å². The molecule has 0 spiro atoms. The van der Waals surface area contributed by atoms with E-state index in [1.54, 1.807) is 18.2 Å². The molecule has 0 fully saturated rings. The summed E-state index contributed by atoms with van der Waals surface area (Å²) in [5.74, 6) is -0.671. The molecule has 0 saturated heterocycles. The minimum atomic E-state index is -3.84. The van der Waals surface area contributed by atoms with E-state index < -0.39 is 34.1 Å². The quantitative estimate of drug-likeness (QED) is 0.487. The predicted molar refractivity (Wildman–Crippen MR) is 128 cm³/mol. The van der Waals surface area contributed by atoms with Crippen LogP contribution in [0, 0.1) is 0 Å². The highest BCUT2D eigenvalue weighted by atomic mass is 32.2. The third-order valence-electron chi connectivity index (χ3n) is 5.28. The lowest BCUT2D eigenvalue weighted by molar-refractivity contribution is -0.141. The first-order valence-corrected chi connectivity index (χ1v) is 13.1. The summed E-state index contributed by atoms with van der Waals surface area (Å²) in [4.78, 5) is 28.9. The van der Waals surface area contributed by atoms with Crippen LogP contribution in [0.1, 0.15) is 51.8 Å². The van der Waals surface area contributed by atoms with Gasteiger partial charge in [0.15, 0.2) is 0 Å². The summed E-state index contributed by atoms with van der Waals surface area (Å²) in [5, 5.41) is 4.94. The van der Waals surface area contributed by atoms with Gasteiger partial charge in [-0.05, 0) is 50.3 Å². The van der Waals surface area contributed by atoms with Crippen LogP contribution in [0.3, 0.4) is 0 Å². The zero-order valence-electron chi connectivity index (χ0n) is 19.1. The van der Waals surface area contributed by atoms with Crippen LogP contribution in [-0.4, -0.2) is 43.3 Å². The van der Waals surface area contributed by atoms with Crippen LogP contribution < -0.4 is 10.0 Å². The van der Waals surface area contributed by atoms with Gasteiger partial charge in [0.05, 0.1) is 18.0 Å². The summed E-state index contributed by atoms with van der Waals surface area (Å²) in [5.41, 5.74) is -0.407. The van der Waals surface area contributed by atoms with Crippen LogP contribution in [0.25, 0.3) is 0 Å². The maximum atomic E-state index is 13.2. The molecule has 1 atom stereocenters. The molecule has 2 rings (SSSR count). The van der Waals surface area contributed by atoms with E-state index in [2.05, 4.69) is 10.0 Å². The first-order valence-electron chi connectivity index (χ1n) is 10.8. The summed E-state index contributed by atoms with van der Waals surface area (Å²) in [6.07, 6.45) is 1.93. The summed E-state index contributed by atoms with van der Waals surface area (Å²) >= 11 is 1.49. The molecule has 2 amide bonds. The van der Waals surface area contributed by atoms with Crippen molar-refractivity contribution in [3.05, 3.63) is 52.7 Å². The van der Waals surface area contributed by atoms with E-state index in [0.717, 1.165) is 11.3 Å². The van der Waals surface area contributed by atoms with Crippen LogP contribution in [-0.2, 0) is 26.2 Å². The Bertz CT molecular complexity index is 974. The number of hydrogen-bond donors (Lipinski definition) is 2. The summed E-state index contributed by atoms with van der Waals surface area (Å²) in [6.45, 7) is 7.64. The monoisotopic (exact) mass is 479 g/mol. The highest BCUT2D eigenvalue weighted by molar-refractivity contribution is 7.89. The fourth-order valence-corrected chi connectivity index (χ4v) is 4.79. The Morgan fingerprint density at radius 3 is 2.34 bits per heavy atom. The molecule has 1 unspecified atom stereocenters. The van der Waals surface area contributed by atoms with Crippen LogP contribution in [0.15, 0.2) is 52.7 Å². The van der Waals surface area contributed by atoms with Gasteiger partial charge in [-0.3, -0.25) is 9.59 Å². The van der Waals surface area contributed by atoms with Crippen LogP contribution in [0.4, 0.5) is 0 Å². The Kier molecular flexibility index (Phi) is 9.42. The normalized spacial score (nSPS) is 12.9. The molecule has 0 saturated carbocycles. The standard InChI is InChI=1S/C23H33N3O4S2/c1-5-11-20(22(28)25-23(3,4)6-2)26(17-18-12-10-15-31-18)21(27)16-24-32(29,30)19-13-8-7-9-14-19/h7-10,12-15,20,24H,5-6,11,16-17H2,1-4H3,(H,25,28). The van der Waals surface area contributed by atoms with Gasteiger partial charge in [-0.2, -0.15) is 0 Å². The number of rotatable bonds is 12. The molecule has 0 bridgehead atoms. The largest absolute Gasteiger partial charge is 0.349 e. The number of nitrogens with one attached hydrogen (secondary N) is 2. The van der Waals surface area contributed by atoms with Crippen molar-refractivity contribution in [3.63, 3.8) is 0 Å². The molecule has 0 aliphatic carbocycles. The van der Waals surface area contributed by atoms with Gasteiger partial charge in [0.25, 0.3) is 0 Å². The Morgan fingerprint density at radius 2 is 1.78 bits per heavy atom. The zero-order chi connectivity index (χ0) is 23.8. The molecule has 2 N–H and O–H groups in total. The molecule has 1 aromatic heterocycles. The van der Waals surface area contributed by atoms with Gasteiger partial charge in [-0.25, -0.2) is 13.1 Å². The van der Waals surface area contributed by atoms with Gasteiger partial charge >= 0.3 is 0 Å². The van der Waals surface area contributed by atoms with Gasteiger partial charge in [-0.1, -0.05) is 44.5 Å². The number of amides is 2. The van der Waals surface area contributed by atoms with E-state index >= 15 is 0 Å². The SMILES string of the molecule is CCCC(C(=O)NC(C)(C)CC)N(Cc1cccs1)C(=O)CNS(=O)(=O)c1ccccc1. The van der Waals surface area contributed by atoms with E-state index in [1.807, 2.05) is 45.2 Å². The second kappa shape index (κ2) is 11.6. The number of hydrogen-bond acceptors (Lipinski definition) is 5. The first kappa shape index (κ1) is 26.0. The smallest absolute Gasteiger partial charge is 0.243 e. The molecule has 9 heteroatoms. The lowest BCUT2D eigenvalue weighted by Gasteiger charge is -2.34.